The molecule has 96 valence electrons. The summed E-state index contributed by atoms with van der Waals surface area (Å²) < 4.78 is 14.1. The molecule has 1 unspecified atom stereocenters. The highest BCUT2D eigenvalue weighted by Gasteiger charge is 2.13. The van der Waals surface area contributed by atoms with Crippen molar-refractivity contribution >= 4 is 21.6 Å². The van der Waals surface area contributed by atoms with E-state index in [1.54, 1.807) is 6.07 Å². The van der Waals surface area contributed by atoms with E-state index in [1.807, 2.05) is 30.3 Å². The molecule has 3 rings (SSSR count). The number of rotatable bonds is 3. The Morgan fingerprint density at radius 3 is 2.74 bits per heavy atom. The molecule has 0 fully saturated rings. The molecule has 0 aliphatic heterocycles. The zero-order chi connectivity index (χ0) is 13.2. The van der Waals surface area contributed by atoms with Gasteiger partial charge in [-0.2, -0.15) is 0 Å². The van der Waals surface area contributed by atoms with E-state index >= 15 is 0 Å². The van der Waals surface area contributed by atoms with Crippen LogP contribution in [0, 0.1) is 5.82 Å². The molecule has 0 aliphatic rings. The summed E-state index contributed by atoms with van der Waals surface area (Å²) in [5.74, 6) is -0.263. The summed E-state index contributed by atoms with van der Waals surface area (Å²) in [6.45, 7) is 0. The molecule has 0 saturated heterocycles. The van der Waals surface area contributed by atoms with Crippen LogP contribution in [0.4, 0.5) is 4.39 Å². The SMILES string of the molecule is NC(Cc1ccccc1)c1nc2cc(F)ccc2s1. The molecule has 0 aliphatic carbocycles. The Morgan fingerprint density at radius 2 is 1.95 bits per heavy atom. The van der Waals surface area contributed by atoms with E-state index < -0.39 is 0 Å². The van der Waals surface area contributed by atoms with E-state index in [0.29, 0.717) is 5.52 Å². The van der Waals surface area contributed by atoms with Gasteiger partial charge in [-0.1, -0.05) is 30.3 Å². The smallest absolute Gasteiger partial charge is 0.125 e. The normalized spacial score (nSPS) is 12.7. The number of benzene rings is 2. The lowest BCUT2D eigenvalue weighted by Crippen LogP contribution is -2.12. The van der Waals surface area contributed by atoms with Crippen LogP contribution < -0.4 is 5.73 Å². The van der Waals surface area contributed by atoms with Crippen molar-refractivity contribution in [1.82, 2.24) is 4.98 Å². The summed E-state index contributed by atoms with van der Waals surface area (Å²) in [4.78, 5) is 4.42. The monoisotopic (exact) mass is 272 g/mol. The summed E-state index contributed by atoms with van der Waals surface area (Å²) in [6, 6.07) is 14.6. The molecule has 0 spiro atoms. The van der Waals surface area contributed by atoms with E-state index in [2.05, 4.69) is 4.98 Å². The molecule has 4 heteroatoms. The van der Waals surface area contributed by atoms with Gasteiger partial charge in [-0.05, 0) is 24.1 Å². The Labute approximate surface area is 114 Å². The first-order chi connectivity index (χ1) is 9.22. The number of aromatic nitrogens is 1. The van der Waals surface area contributed by atoms with E-state index in [4.69, 9.17) is 5.73 Å². The zero-order valence-electron chi connectivity index (χ0n) is 10.2. The predicted molar refractivity (Wildman–Crippen MR) is 76.7 cm³/mol. The maximum Gasteiger partial charge on any atom is 0.125 e. The Morgan fingerprint density at radius 1 is 1.16 bits per heavy atom. The zero-order valence-corrected chi connectivity index (χ0v) is 11.0. The molecule has 0 bridgehead atoms. The van der Waals surface area contributed by atoms with Crippen molar-refractivity contribution in [2.24, 2.45) is 5.73 Å². The van der Waals surface area contributed by atoms with Gasteiger partial charge in [0.1, 0.15) is 10.8 Å². The number of nitrogens with zero attached hydrogens (tertiary/aromatic N) is 1. The van der Waals surface area contributed by atoms with Crippen molar-refractivity contribution in [1.29, 1.82) is 0 Å². The maximum absolute atomic E-state index is 13.1. The lowest BCUT2D eigenvalue weighted by atomic mass is 10.1. The first-order valence-corrected chi connectivity index (χ1v) is 6.89. The molecular weight excluding hydrogens is 259 g/mol. The maximum atomic E-state index is 13.1. The number of hydrogen-bond acceptors (Lipinski definition) is 3. The van der Waals surface area contributed by atoms with E-state index in [0.717, 1.165) is 16.1 Å². The largest absolute Gasteiger partial charge is 0.322 e. The van der Waals surface area contributed by atoms with Crippen LogP contribution in [0.3, 0.4) is 0 Å². The molecule has 3 aromatic rings. The number of fused-ring (bicyclic) bond motifs is 1. The molecule has 2 N–H and O–H groups in total. The van der Waals surface area contributed by atoms with Gasteiger partial charge in [0.25, 0.3) is 0 Å². The first-order valence-electron chi connectivity index (χ1n) is 6.08. The summed E-state index contributed by atoms with van der Waals surface area (Å²) in [6.07, 6.45) is 0.739. The van der Waals surface area contributed by atoms with Crippen molar-refractivity contribution < 1.29 is 4.39 Å². The van der Waals surface area contributed by atoms with Crippen molar-refractivity contribution in [2.45, 2.75) is 12.5 Å². The minimum absolute atomic E-state index is 0.150. The molecule has 0 radical (unpaired) electrons. The highest BCUT2D eigenvalue weighted by atomic mass is 32.1. The number of halogens is 1. The number of nitrogens with two attached hydrogens (primary N) is 1. The van der Waals surface area contributed by atoms with E-state index in [-0.39, 0.29) is 11.9 Å². The fourth-order valence-corrected chi connectivity index (χ4v) is 2.98. The van der Waals surface area contributed by atoms with Crippen LogP contribution in [0.2, 0.25) is 0 Å². The highest BCUT2D eigenvalue weighted by molar-refractivity contribution is 7.18. The fraction of sp³-hybridized carbons (Fsp3) is 0.133. The summed E-state index contributed by atoms with van der Waals surface area (Å²) in [5.41, 5.74) is 8.05. The molecule has 2 nitrogen and oxygen atoms in total. The van der Waals surface area contributed by atoms with Gasteiger partial charge >= 0.3 is 0 Å². The van der Waals surface area contributed by atoms with Gasteiger partial charge in [-0.25, -0.2) is 9.37 Å². The third-order valence-electron chi connectivity index (χ3n) is 2.98. The Bertz CT molecular complexity index is 694. The Kier molecular flexibility index (Phi) is 3.27. The van der Waals surface area contributed by atoms with Gasteiger partial charge in [0, 0.05) is 6.07 Å². The first kappa shape index (κ1) is 12.3. The van der Waals surface area contributed by atoms with E-state index in [1.165, 1.54) is 29.0 Å². The van der Waals surface area contributed by atoms with Gasteiger partial charge in [0.15, 0.2) is 0 Å². The fourth-order valence-electron chi connectivity index (χ4n) is 2.03. The standard InChI is InChI=1S/C15H13FN2S/c16-11-6-7-14-13(9-11)18-15(19-14)12(17)8-10-4-2-1-3-5-10/h1-7,9,12H,8,17H2. The third kappa shape index (κ3) is 2.64. The van der Waals surface area contributed by atoms with Crippen molar-refractivity contribution in [3.63, 3.8) is 0 Å². The van der Waals surface area contributed by atoms with Gasteiger partial charge in [-0.3, -0.25) is 0 Å². The minimum Gasteiger partial charge on any atom is -0.322 e. The van der Waals surface area contributed by atoms with Crippen LogP contribution in [0.25, 0.3) is 10.2 Å². The average molecular weight is 272 g/mol. The minimum atomic E-state index is -0.263. The summed E-state index contributed by atoms with van der Waals surface area (Å²) in [5, 5.41) is 0.851. The second kappa shape index (κ2) is 5.07. The van der Waals surface area contributed by atoms with E-state index in [9.17, 15) is 4.39 Å². The lowest BCUT2D eigenvalue weighted by molar-refractivity contribution is 0.629. The predicted octanol–water partition coefficient (Wildman–Crippen LogP) is 3.68. The second-order valence-corrected chi connectivity index (χ2v) is 5.52. The van der Waals surface area contributed by atoms with Gasteiger partial charge < -0.3 is 5.73 Å². The summed E-state index contributed by atoms with van der Waals surface area (Å²) in [7, 11) is 0. The molecule has 1 aromatic heterocycles. The van der Waals surface area contributed by atoms with Gasteiger partial charge in [-0.15, -0.1) is 11.3 Å². The topological polar surface area (TPSA) is 38.9 Å². The molecule has 0 amide bonds. The van der Waals surface area contributed by atoms with Crippen LogP contribution in [0.5, 0.6) is 0 Å². The van der Waals surface area contributed by atoms with Crippen LogP contribution in [0.1, 0.15) is 16.6 Å². The van der Waals surface area contributed by atoms with Gasteiger partial charge in [0.05, 0.1) is 16.3 Å². The van der Waals surface area contributed by atoms with Crippen LogP contribution >= 0.6 is 11.3 Å². The lowest BCUT2D eigenvalue weighted by Gasteiger charge is -2.07. The van der Waals surface area contributed by atoms with Crippen LogP contribution in [-0.4, -0.2) is 4.98 Å². The molecular formula is C15H13FN2S. The quantitative estimate of drug-likeness (QED) is 0.790. The molecule has 2 aromatic carbocycles. The molecule has 1 atom stereocenters. The number of hydrogen-bond donors (Lipinski definition) is 1. The molecule has 19 heavy (non-hydrogen) atoms. The van der Waals surface area contributed by atoms with Crippen LogP contribution in [-0.2, 0) is 6.42 Å². The van der Waals surface area contributed by atoms with Crippen molar-refractivity contribution in [2.75, 3.05) is 0 Å². The Hall–Kier alpha value is -1.78. The average Bonchev–Trinajstić information content (AvgIpc) is 2.83. The van der Waals surface area contributed by atoms with Crippen LogP contribution in [0.15, 0.2) is 48.5 Å². The Balaban J connectivity index is 1.87. The van der Waals surface area contributed by atoms with Crippen molar-refractivity contribution in [3.8, 4) is 0 Å². The van der Waals surface area contributed by atoms with Crippen molar-refractivity contribution in [3.05, 3.63) is 64.9 Å². The third-order valence-corrected chi connectivity index (χ3v) is 4.15. The molecule has 0 saturated carbocycles. The second-order valence-electron chi connectivity index (χ2n) is 4.46. The molecule has 1 heterocycles. The summed E-state index contributed by atoms with van der Waals surface area (Å²) >= 11 is 1.53. The number of thiazole rings is 1. The van der Waals surface area contributed by atoms with Gasteiger partial charge in [0.2, 0.25) is 0 Å². The highest BCUT2D eigenvalue weighted by Crippen LogP contribution is 2.27.